The van der Waals surface area contributed by atoms with E-state index < -0.39 is 0 Å². The van der Waals surface area contributed by atoms with Crippen molar-refractivity contribution in [2.75, 3.05) is 21.3 Å². The highest BCUT2D eigenvalue weighted by atomic mass is 35.5. The van der Waals surface area contributed by atoms with Crippen molar-refractivity contribution in [3.63, 3.8) is 0 Å². The number of Topliss-reactive ketones (excluding diaryl/α,β-unsaturated/α-hetero) is 1. The number of carbonyl (C=O) groups excluding carboxylic acids is 1. The van der Waals surface area contributed by atoms with Crippen molar-refractivity contribution < 1.29 is 14.3 Å². The number of ether oxygens (including phenoxy) is 2. The lowest BCUT2D eigenvalue weighted by atomic mass is 10.1. The molecule has 0 radical (unpaired) electrons. The largest absolute Gasteiger partial charge is 0.493 e. The van der Waals surface area contributed by atoms with E-state index in [9.17, 15) is 4.79 Å². The van der Waals surface area contributed by atoms with E-state index >= 15 is 0 Å². The Morgan fingerprint density at radius 1 is 1.24 bits per heavy atom. The topological polar surface area (TPSA) is 47.6 Å². The van der Waals surface area contributed by atoms with Gasteiger partial charge >= 0.3 is 0 Å². The van der Waals surface area contributed by atoms with Crippen LogP contribution in [0.3, 0.4) is 0 Å². The number of nitrogens with one attached hydrogen (secondary N) is 1. The lowest BCUT2D eigenvalue weighted by molar-refractivity contribution is 0.0954. The van der Waals surface area contributed by atoms with Crippen LogP contribution < -0.4 is 14.8 Å². The molecule has 0 aliphatic carbocycles. The monoisotopic (exact) mass is 259 g/mol. The fourth-order valence-corrected chi connectivity index (χ4v) is 1.37. The highest BCUT2D eigenvalue weighted by Crippen LogP contribution is 2.27. The number of rotatable bonds is 5. The molecule has 0 aromatic heterocycles. The molecule has 4 nitrogen and oxygen atoms in total. The summed E-state index contributed by atoms with van der Waals surface area (Å²) in [7, 11) is 4.87. The Kier molecular flexibility index (Phi) is 6.61. The van der Waals surface area contributed by atoms with Crippen molar-refractivity contribution >= 4 is 18.2 Å². The third-order valence-corrected chi connectivity index (χ3v) is 2.49. The van der Waals surface area contributed by atoms with E-state index in [2.05, 4.69) is 5.32 Å². The van der Waals surface area contributed by atoms with Crippen molar-refractivity contribution in [3.8, 4) is 11.5 Å². The number of halogens is 1. The van der Waals surface area contributed by atoms with Crippen LogP contribution in [0, 0.1) is 0 Å². The first-order valence-electron chi connectivity index (χ1n) is 5.07. The first kappa shape index (κ1) is 15.7. The fraction of sp³-hybridized carbons (Fsp3) is 0.417. The number of benzene rings is 1. The summed E-state index contributed by atoms with van der Waals surface area (Å²) in [5, 5.41) is 2.91. The van der Waals surface area contributed by atoms with Gasteiger partial charge in [0, 0.05) is 5.56 Å². The molecule has 1 rings (SSSR count). The Morgan fingerprint density at radius 2 is 1.82 bits per heavy atom. The molecule has 0 saturated heterocycles. The normalized spacial score (nSPS) is 11.3. The zero-order chi connectivity index (χ0) is 12.1. The van der Waals surface area contributed by atoms with E-state index in [4.69, 9.17) is 9.47 Å². The number of hydrogen-bond donors (Lipinski definition) is 1. The van der Waals surface area contributed by atoms with Gasteiger partial charge in [0.15, 0.2) is 17.3 Å². The van der Waals surface area contributed by atoms with E-state index in [0.29, 0.717) is 17.1 Å². The summed E-state index contributed by atoms with van der Waals surface area (Å²) in [6.45, 7) is 1.82. The molecule has 1 unspecified atom stereocenters. The van der Waals surface area contributed by atoms with Gasteiger partial charge in [-0.3, -0.25) is 4.79 Å². The van der Waals surface area contributed by atoms with E-state index in [1.54, 1.807) is 39.5 Å². The average Bonchev–Trinajstić information content (AvgIpc) is 2.35. The lowest BCUT2D eigenvalue weighted by Crippen LogP contribution is -2.30. The molecule has 1 aromatic carbocycles. The Hall–Kier alpha value is -1.26. The van der Waals surface area contributed by atoms with E-state index in [1.165, 1.54) is 0 Å². The Balaban J connectivity index is 0.00000256. The van der Waals surface area contributed by atoms with Crippen LogP contribution in [0.15, 0.2) is 18.2 Å². The number of hydrogen-bond acceptors (Lipinski definition) is 4. The fourth-order valence-electron chi connectivity index (χ4n) is 1.37. The molecule has 0 heterocycles. The molecular formula is C12H18ClNO3. The minimum atomic E-state index is -0.210. The van der Waals surface area contributed by atoms with Gasteiger partial charge in [0.25, 0.3) is 0 Å². The van der Waals surface area contributed by atoms with Gasteiger partial charge in [-0.15, -0.1) is 12.4 Å². The van der Waals surface area contributed by atoms with Crippen molar-refractivity contribution in [2.24, 2.45) is 0 Å². The molecular weight excluding hydrogens is 242 g/mol. The van der Waals surface area contributed by atoms with E-state index in [0.717, 1.165) is 0 Å². The molecule has 1 N–H and O–H groups in total. The van der Waals surface area contributed by atoms with Gasteiger partial charge in [0.1, 0.15) is 0 Å². The summed E-state index contributed by atoms with van der Waals surface area (Å²) < 4.78 is 10.2. The summed E-state index contributed by atoms with van der Waals surface area (Å²) in [5.74, 6) is 1.22. The van der Waals surface area contributed by atoms with Crippen molar-refractivity contribution in [1.29, 1.82) is 0 Å². The summed E-state index contributed by atoms with van der Waals surface area (Å²) in [6.07, 6.45) is 0. The summed E-state index contributed by atoms with van der Waals surface area (Å²) in [6, 6.07) is 4.94. The maximum atomic E-state index is 11.9. The maximum Gasteiger partial charge on any atom is 0.179 e. The second-order valence-corrected chi connectivity index (χ2v) is 3.44. The predicted octanol–water partition coefficient (Wildman–Crippen LogP) is 1.92. The smallest absolute Gasteiger partial charge is 0.179 e. The van der Waals surface area contributed by atoms with Crippen LogP contribution >= 0.6 is 12.4 Å². The first-order chi connectivity index (χ1) is 7.63. The van der Waals surface area contributed by atoms with Gasteiger partial charge in [0.2, 0.25) is 0 Å². The number of ketones is 1. The Morgan fingerprint density at radius 3 is 2.29 bits per heavy atom. The van der Waals surface area contributed by atoms with Crippen molar-refractivity contribution in [1.82, 2.24) is 5.32 Å². The van der Waals surface area contributed by atoms with Crippen LogP contribution in [0.1, 0.15) is 17.3 Å². The van der Waals surface area contributed by atoms with E-state index in [-0.39, 0.29) is 24.2 Å². The molecule has 0 saturated carbocycles. The minimum Gasteiger partial charge on any atom is -0.493 e. The molecule has 0 aliphatic heterocycles. The molecule has 1 atom stereocenters. The van der Waals surface area contributed by atoms with Crippen LogP contribution in [-0.2, 0) is 0 Å². The number of carbonyl (C=O) groups is 1. The second kappa shape index (κ2) is 7.14. The lowest BCUT2D eigenvalue weighted by Gasteiger charge is -2.12. The standard InChI is InChI=1S/C12H17NO3.ClH/c1-8(13-2)12(14)9-5-6-10(15-3)11(7-9)16-4;/h5-8,13H,1-4H3;1H. The summed E-state index contributed by atoms with van der Waals surface area (Å²) in [5.41, 5.74) is 0.611. The van der Waals surface area contributed by atoms with Crippen LogP contribution in [0.5, 0.6) is 11.5 Å². The molecule has 0 spiro atoms. The highest BCUT2D eigenvalue weighted by molar-refractivity contribution is 6.00. The molecule has 0 amide bonds. The highest BCUT2D eigenvalue weighted by Gasteiger charge is 2.15. The van der Waals surface area contributed by atoms with Crippen molar-refractivity contribution in [2.45, 2.75) is 13.0 Å². The third kappa shape index (κ3) is 3.61. The number of likely N-dealkylation sites (N-methyl/N-ethyl adjacent to an activating group) is 1. The van der Waals surface area contributed by atoms with Gasteiger partial charge in [-0.25, -0.2) is 0 Å². The maximum absolute atomic E-state index is 11.9. The second-order valence-electron chi connectivity index (χ2n) is 3.44. The first-order valence-corrected chi connectivity index (χ1v) is 5.07. The molecule has 0 aliphatic rings. The molecule has 1 aromatic rings. The number of methoxy groups -OCH3 is 2. The minimum absolute atomic E-state index is 0. The van der Waals surface area contributed by atoms with Gasteiger partial charge in [-0.2, -0.15) is 0 Å². The third-order valence-electron chi connectivity index (χ3n) is 2.49. The SMILES string of the molecule is CNC(C)C(=O)c1ccc(OC)c(OC)c1.Cl. The molecule has 17 heavy (non-hydrogen) atoms. The molecule has 0 fully saturated rings. The predicted molar refractivity (Wildman–Crippen MR) is 69.6 cm³/mol. The van der Waals surface area contributed by atoms with Crippen LogP contribution in [-0.4, -0.2) is 33.1 Å². The van der Waals surface area contributed by atoms with Crippen LogP contribution in [0.2, 0.25) is 0 Å². The summed E-state index contributed by atoms with van der Waals surface area (Å²) >= 11 is 0. The van der Waals surface area contributed by atoms with Crippen LogP contribution in [0.4, 0.5) is 0 Å². The molecule has 5 heteroatoms. The van der Waals surface area contributed by atoms with Crippen molar-refractivity contribution in [3.05, 3.63) is 23.8 Å². The average molecular weight is 260 g/mol. The molecule has 0 bridgehead atoms. The quantitative estimate of drug-likeness (QED) is 0.821. The van der Waals surface area contributed by atoms with Gasteiger partial charge < -0.3 is 14.8 Å². The van der Waals surface area contributed by atoms with E-state index in [1.807, 2.05) is 6.92 Å². The Labute approximate surface area is 108 Å². The van der Waals surface area contributed by atoms with Gasteiger partial charge in [-0.1, -0.05) is 0 Å². The summed E-state index contributed by atoms with van der Waals surface area (Å²) in [4.78, 5) is 11.9. The van der Waals surface area contributed by atoms with Gasteiger partial charge in [0.05, 0.1) is 20.3 Å². The molecule has 96 valence electrons. The zero-order valence-corrected chi connectivity index (χ0v) is 11.3. The zero-order valence-electron chi connectivity index (χ0n) is 10.4. The van der Waals surface area contributed by atoms with Gasteiger partial charge in [-0.05, 0) is 32.2 Å². The van der Waals surface area contributed by atoms with Crippen LogP contribution in [0.25, 0.3) is 0 Å². The Bertz CT molecular complexity index is 382.